The first-order valence-corrected chi connectivity index (χ1v) is 8.57. The summed E-state index contributed by atoms with van der Waals surface area (Å²) in [6.07, 6.45) is 0.904. The zero-order chi connectivity index (χ0) is 18.4. The number of carbonyl (C=O) groups excluding carboxylic acids is 2. The Labute approximate surface area is 148 Å². The Morgan fingerprint density at radius 1 is 1.08 bits per heavy atom. The molecule has 1 heterocycles. The van der Waals surface area contributed by atoms with Crippen molar-refractivity contribution in [1.82, 2.24) is 15.1 Å². The number of hydrogen-bond acceptors (Lipinski definition) is 4. The molecule has 3 amide bonds. The molecule has 25 heavy (non-hydrogen) atoms. The van der Waals surface area contributed by atoms with E-state index >= 15 is 0 Å². The van der Waals surface area contributed by atoms with Gasteiger partial charge in [-0.05, 0) is 25.5 Å². The van der Waals surface area contributed by atoms with Crippen molar-refractivity contribution in [2.24, 2.45) is 0 Å². The van der Waals surface area contributed by atoms with Crippen LogP contribution in [0.3, 0.4) is 0 Å². The summed E-state index contributed by atoms with van der Waals surface area (Å²) in [5.41, 5.74) is 1.32. The second-order valence-electron chi connectivity index (χ2n) is 5.98. The summed E-state index contributed by atoms with van der Waals surface area (Å²) in [5.74, 6) is 1.13. The van der Waals surface area contributed by atoms with Gasteiger partial charge in [-0.1, -0.05) is 6.92 Å². The third-order valence-corrected chi connectivity index (χ3v) is 4.39. The van der Waals surface area contributed by atoms with E-state index < -0.39 is 0 Å². The molecule has 1 fully saturated rings. The summed E-state index contributed by atoms with van der Waals surface area (Å²) in [4.78, 5) is 28.4. The van der Waals surface area contributed by atoms with Crippen LogP contribution in [-0.4, -0.2) is 68.7 Å². The Balaban J connectivity index is 2.06. The molecule has 0 saturated carbocycles. The van der Waals surface area contributed by atoms with Crippen molar-refractivity contribution in [2.45, 2.75) is 20.3 Å². The maximum atomic E-state index is 12.9. The van der Waals surface area contributed by atoms with Crippen LogP contribution >= 0.6 is 0 Å². The summed E-state index contributed by atoms with van der Waals surface area (Å²) < 4.78 is 10.7. The van der Waals surface area contributed by atoms with Gasteiger partial charge in [0.25, 0.3) is 5.91 Å². The molecule has 1 aromatic rings. The molecule has 0 atom stereocenters. The molecule has 1 aromatic carbocycles. The van der Waals surface area contributed by atoms with Crippen LogP contribution in [0.2, 0.25) is 0 Å². The predicted octanol–water partition coefficient (Wildman–Crippen LogP) is 1.89. The van der Waals surface area contributed by atoms with Crippen LogP contribution in [0.25, 0.3) is 0 Å². The zero-order valence-corrected chi connectivity index (χ0v) is 15.4. The normalized spacial score (nSPS) is 14.2. The van der Waals surface area contributed by atoms with E-state index in [1.54, 1.807) is 36.2 Å². The van der Waals surface area contributed by atoms with Crippen molar-refractivity contribution in [2.75, 3.05) is 46.9 Å². The van der Waals surface area contributed by atoms with E-state index in [0.717, 1.165) is 12.0 Å². The number of amides is 3. The number of hydrogen-bond donors (Lipinski definition) is 1. The highest BCUT2D eigenvalue weighted by Crippen LogP contribution is 2.32. The van der Waals surface area contributed by atoms with Crippen LogP contribution < -0.4 is 14.8 Å². The lowest BCUT2D eigenvalue weighted by Crippen LogP contribution is -2.53. The van der Waals surface area contributed by atoms with Crippen LogP contribution in [0.15, 0.2) is 12.1 Å². The van der Waals surface area contributed by atoms with Crippen molar-refractivity contribution < 1.29 is 19.1 Å². The van der Waals surface area contributed by atoms with E-state index in [9.17, 15) is 9.59 Å². The summed E-state index contributed by atoms with van der Waals surface area (Å²) in [5, 5.41) is 2.87. The van der Waals surface area contributed by atoms with Gasteiger partial charge in [-0.15, -0.1) is 0 Å². The molecule has 1 aliphatic rings. The molecule has 0 aromatic heterocycles. The maximum absolute atomic E-state index is 12.9. The number of nitrogens with one attached hydrogen (secondary N) is 1. The fraction of sp³-hybridized carbons (Fsp3) is 0.556. The number of urea groups is 1. The fourth-order valence-corrected chi connectivity index (χ4v) is 2.95. The topological polar surface area (TPSA) is 71.1 Å². The van der Waals surface area contributed by atoms with Gasteiger partial charge in [0, 0.05) is 38.3 Å². The lowest BCUT2D eigenvalue weighted by atomic mass is 10.1. The Kier molecular flexibility index (Phi) is 6.50. The zero-order valence-electron chi connectivity index (χ0n) is 15.4. The number of benzene rings is 1. The predicted molar refractivity (Wildman–Crippen MR) is 95.4 cm³/mol. The molecule has 138 valence electrons. The van der Waals surface area contributed by atoms with Gasteiger partial charge in [-0.3, -0.25) is 4.79 Å². The third kappa shape index (κ3) is 4.15. The molecule has 2 rings (SSSR count). The van der Waals surface area contributed by atoms with Crippen molar-refractivity contribution >= 4 is 11.9 Å². The SMILES string of the molecule is CCCNC(=O)N1CCN(C(=O)c2ccc(OC)c(C)c2OC)CC1. The number of nitrogens with zero attached hydrogens (tertiary/aromatic N) is 2. The first-order chi connectivity index (χ1) is 12.0. The lowest BCUT2D eigenvalue weighted by Gasteiger charge is -2.35. The van der Waals surface area contributed by atoms with Crippen molar-refractivity contribution in [3.63, 3.8) is 0 Å². The van der Waals surface area contributed by atoms with Gasteiger partial charge in [0.2, 0.25) is 0 Å². The first-order valence-electron chi connectivity index (χ1n) is 8.57. The van der Waals surface area contributed by atoms with Crippen LogP contribution in [0.4, 0.5) is 4.79 Å². The van der Waals surface area contributed by atoms with Crippen molar-refractivity contribution in [3.05, 3.63) is 23.3 Å². The molecule has 0 radical (unpaired) electrons. The van der Waals surface area contributed by atoms with E-state index in [0.29, 0.717) is 49.8 Å². The highest BCUT2D eigenvalue weighted by molar-refractivity contribution is 5.98. The van der Waals surface area contributed by atoms with Crippen molar-refractivity contribution in [3.8, 4) is 11.5 Å². The third-order valence-electron chi connectivity index (χ3n) is 4.39. The number of rotatable bonds is 5. The number of carbonyl (C=O) groups is 2. The van der Waals surface area contributed by atoms with E-state index in [-0.39, 0.29) is 11.9 Å². The van der Waals surface area contributed by atoms with Gasteiger partial charge in [0.15, 0.2) is 0 Å². The molecule has 1 N–H and O–H groups in total. The quantitative estimate of drug-likeness (QED) is 0.881. The second-order valence-corrected chi connectivity index (χ2v) is 5.98. The largest absolute Gasteiger partial charge is 0.496 e. The van der Waals surface area contributed by atoms with Crippen molar-refractivity contribution in [1.29, 1.82) is 0 Å². The standard InChI is InChI=1S/C18H27N3O4/c1-5-8-19-18(23)21-11-9-20(10-12-21)17(22)14-6-7-15(24-3)13(2)16(14)25-4/h6-7H,5,8-12H2,1-4H3,(H,19,23). The molecule has 0 spiro atoms. The molecule has 0 unspecified atom stereocenters. The smallest absolute Gasteiger partial charge is 0.317 e. The number of methoxy groups -OCH3 is 2. The Hall–Kier alpha value is -2.44. The second kappa shape index (κ2) is 8.60. The summed E-state index contributed by atoms with van der Waals surface area (Å²) in [6, 6.07) is 3.44. The summed E-state index contributed by atoms with van der Waals surface area (Å²) in [7, 11) is 3.14. The fourth-order valence-electron chi connectivity index (χ4n) is 2.95. The van der Waals surface area contributed by atoms with E-state index in [2.05, 4.69) is 5.32 Å². The maximum Gasteiger partial charge on any atom is 0.317 e. The Morgan fingerprint density at radius 2 is 1.72 bits per heavy atom. The first kappa shape index (κ1) is 18.9. The van der Waals surface area contributed by atoms with Gasteiger partial charge < -0.3 is 24.6 Å². The molecule has 7 nitrogen and oxygen atoms in total. The van der Waals surface area contributed by atoms with Crippen LogP contribution in [0.1, 0.15) is 29.3 Å². The minimum atomic E-state index is -0.0868. The molecule has 0 bridgehead atoms. The van der Waals surface area contributed by atoms with Gasteiger partial charge in [-0.2, -0.15) is 0 Å². The molecular formula is C18H27N3O4. The Morgan fingerprint density at radius 3 is 2.28 bits per heavy atom. The molecule has 1 aliphatic heterocycles. The van der Waals surface area contributed by atoms with E-state index in [1.165, 1.54) is 0 Å². The van der Waals surface area contributed by atoms with Gasteiger partial charge in [0.1, 0.15) is 11.5 Å². The van der Waals surface area contributed by atoms with Gasteiger partial charge >= 0.3 is 6.03 Å². The van der Waals surface area contributed by atoms with Crippen LogP contribution in [0, 0.1) is 6.92 Å². The van der Waals surface area contributed by atoms with Gasteiger partial charge in [-0.25, -0.2) is 4.79 Å². The number of ether oxygens (including phenoxy) is 2. The van der Waals surface area contributed by atoms with E-state index in [1.807, 2.05) is 13.8 Å². The molecule has 7 heteroatoms. The van der Waals surface area contributed by atoms with E-state index in [4.69, 9.17) is 9.47 Å². The summed E-state index contributed by atoms with van der Waals surface area (Å²) >= 11 is 0. The highest BCUT2D eigenvalue weighted by Gasteiger charge is 2.27. The average Bonchev–Trinajstić information content (AvgIpc) is 2.65. The molecule has 1 saturated heterocycles. The summed E-state index contributed by atoms with van der Waals surface area (Å²) in [6.45, 7) is 6.61. The highest BCUT2D eigenvalue weighted by atomic mass is 16.5. The molecular weight excluding hydrogens is 322 g/mol. The van der Waals surface area contributed by atoms with Gasteiger partial charge in [0.05, 0.1) is 19.8 Å². The minimum absolute atomic E-state index is 0.0631. The Bertz CT molecular complexity index is 625. The number of piperazine rings is 1. The van der Waals surface area contributed by atoms with Crippen LogP contribution in [-0.2, 0) is 0 Å². The average molecular weight is 349 g/mol. The lowest BCUT2D eigenvalue weighted by molar-refractivity contribution is 0.0661. The van der Waals surface area contributed by atoms with Crippen LogP contribution in [0.5, 0.6) is 11.5 Å². The monoisotopic (exact) mass is 349 g/mol. The minimum Gasteiger partial charge on any atom is -0.496 e. The molecule has 0 aliphatic carbocycles.